The molecular weight excluding hydrogens is 158 g/mol. The van der Waals surface area contributed by atoms with Crippen molar-refractivity contribution < 1.29 is 0 Å². The quantitative estimate of drug-likeness (QED) is 0.578. The molecule has 1 aromatic heterocycles. The second-order valence-corrected chi connectivity index (χ2v) is 3.06. The zero-order valence-electron chi connectivity index (χ0n) is 7.62. The minimum absolute atomic E-state index is 1.17. The topological polar surface area (TPSA) is 4.93 Å². The van der Waals surface area contributed by atoms with E-state index >= 15 is 0 Å². The van der Waals surface area contributed by atoms with E-state index in [1.165, 1.54) is 16.5 Å². The zero-order chi connectivity index (χ0) is 9.26. The van der Waals surface area contributed by atoms with Crippen molar-refractivity contribution in [2.24, 2.45) is 7.05 Å². The van der Waals surface area contributed by atoms with Crippen LogP contribution in [0.25, 0.3) is 17.0 Å². The van der Waals surface area contributed by atoms with Gasteiger partial charge in [0.2, 0.25) is 0 Å². The Kier molecular flexibility index (Phi) is 1.80. The molecule has 0 bridgehead atoms. The molecule has 0 amide bonds. The lowest BCUT2D eigenvalue weighted by Gasteiger charge is -1.92. The molecule has 13 heavy (non-hydrogen) atoms. The van der Waals surface area contributed by atoms with Gasteiger partial charge in [0.25, 0.3) is 0 Å². The monoisotopic (exact) mass is 169 g/mol. The molecule has 0 aliphatic rings. The van der Waals surface area contributed by atoms with E-state index in [4.69, 9.17) is 0 Å². The maximum Gasteiger partial charge on any atom is 0.0484 e. The lowest BCUT2D eigenvalue weighted by Crippen LogP contribution is -1.81. The van der Waals surface area contributed by atoms with E-state index in [-0.39, 0.29) is 0 Å². The first-order valence-electron chi connectivity index (χ1n) is 4.23. The third-order valence-electron chi connectivity index (χ3n) is 2.19. The largest absolute Gasteiger partial charge is 0.350 e. The van der Waals surface area contributed by atoms with Crippen LogP contribution in [0.15, 0.2) is 42.8 Å². The van der Waals surface area contributed by atoms with E-state index in [0.29, 0.717) is 0 Å². The molecule has 1 nitrogen and oxygen atoms in total. The van der Waals surface area contributed by atoms with Gasteiger partial charge in [0, 0.05) is 29.7 Å². The van der Waals surface area contributed by atoms with Gasteiger partial charge in [-0.3, -0.25) is 0 Å². The van der Waals surface area contributed by atoms with Crippen LogP contribution in [-0.2, 0) is 7.05 Å². The van der Waals surface area contributed by atoms with Gasteiger partial charge in [-0.05, 0) is 12.1 Å². The smallest absolute Gasteiger partial charge is 0.0484 e. The molecule has 1 heterocycles. The normalized spacial score (nSPS) is 9.92. The third-order valence-corrected chi connectivity index (χ3v) is 2.19. The number of hydrogen-bond acceptors (Lipinski definition) is 0. The van der Waals surface area contributed by atoms with Gasteiger partial charge in [-0.2, -0.15) is 0 Å². The fourth-order valence-corrected chi connectivity index (χ4v) is 1.60. The van der Waals surface area contributed by atoms with E-state index < -0.39 is 0 Å². The molecule has 2 aromatic rings. The second kappa shape index (κ2) is 2.96. The summed E-state index contributed by atoms with van der Waals surface area (Å²) in [5, 5.41) is 1.25. The predicted octanol–water partition coefficient (Wildman–Crippen LogP) is 2.98. The molecule has 0 unspecified atom stereocenters. The fourth-order valence-electron chi connectivity index (χ4n) is 1.60. The third kappa shape index (κ3) is 1.20. The summed E-state index contributed by atoms with van der Waals surface area (Å²) < 4.78 is 2.11. The lowest BCUT2D eigenvalue weighted by molar-refractivity contribution is 0.968. The van der Waals surface area contributed by atoms with Gasteiger partial charge in [-0.1, -0.05) is 24.8 Å². The first kappa shape index (κ1) is 7.90. The molecule has 0 spiro atoms. The van der Waals surface area contributed by atoms with E-state index in [1.54, 1.807) is 0 Å². The first-order chi connectivity index (χ1) is 6.33. The van der Waals surface area contributed by atoms with Crippen LogP contribution in [0, 0.1) is 0 Å². The molecule has 0 saturated carbocycles. The summed E-state index contributed by atoms with van der Waals surface area (Å²) in [7, 11) is 2.04. The molecule has 0 radical (unpaired) electrons. The van der Waals surface area contributed by atoms with Crippen molar-refractivity contribution in [2.75, 3.05) is 0 Å². The van der Waals surface area contributed by atoms with Gasteiger partial charge < -0.3 is 4.57 Å². The Morgan fingerprint density at radius 1 is 1.38 bits per heavy atom. The van der Waals surface area contributed by atoms with E-state index in [1.807, 2.05) is 25.3 Å². The van der Waals surface area contributed by atoms with Gasteiger partial charge in [0.15, 0.2) is 0 Å². The van der Waals surface area contributed by atoms with Crippen LogP contribution in [0.3, 0.4) is 0 Å². The van der Waals surface area contributed by atoms with Crippen molar-refractivity contribution >= 4 is 17.0 Å². The van der Waals surface area contributed by atoms with E-state index in [0.717, 1.165) is 0 Å². The van der Waals surface area contributed by atoms with Crippen LogP contribution in [0.5, 0.6) is 0 Å². The molecule has 0 aliphatic carbocycles. The van der Waals surface area contributed by atoms with Crippen molar-refractivity contribution in [3.63, 3.8) is 0 Å². The number of nitrogens with zero attached hydrogens (tertiary/aromatic N) is 1. The van der Waals surface area contributed by atoms with Crippen LogP contribution >= 0.6 is 0 Å². The van der Waals surface area contributed by atoms with Gasteiger partial charge >= 0.3 is 0 Å². The minimum atomic E-state index is 1.17. The van der Waals surface area contributed by atoms with E-state index in [2.05, 4.69) is 35.2 Å². The zero-order valence-corrected chi connectivity index (χ0v) is 7.62. The summed E-state index contributed by atoms with van der Waals surface area (Å²) in [5.74, 6) is 0. The van der Waals surface area contributed by atoms with Crippen molar-refractivity contribution in [3.8, 4) is 0 Å². The molecule has 0 fully saturated rings. The Balaban J connectivity index is 2.85. The summed E-state index contributed by atoms with van der Waals surface area (Å²) in [4.78, 5) is 0. The summed E-state index contributed by atoms with van der Waals surface area (Å²) >= 11 is 0. The highest BCUT2D eigenvalue weighted by atomic mass is 14.9. The second-order valence-electron chi connectivity index (χ2n) is 3.06. The number of aromatic nitrogens is 1. The van der Waals surface area contributed by atoms with Crippen LogP contribution in [0.4, 0.5) is 0 Å². The average Bonchev–Trinajstić information content (AvgIpc) is 2.46. The molecule has 0 aliphatic heterocycles. The number of hydrogen-bond donors (Lipinski definition) is 0. The summed E-state index contributed by atoms with van der Waals surface area (Å²) in [5.41, 5.74) is 5.22. The van der Waals surface area contributed by atoms with E-state index in [9.17, 15) is 0 Å². The SMILES string of the molecule is C=C=Cc1cn(C)c2ccccc12. The van der Waals surface area contributed by atoms with Crippen molar-refractivity contribution in [1.29, 1.82) is 0 Å². The van der Waals surface area contributed by atoms with Crippen molar-refractivity contribution in [3.05, 3.63) is 48.3 Å². The molecule has 0 saturated heterocycles. The maximum absolute atomic E-state index is 3.58. The number of fused-ring (bicyclic) bond motifs is 1. The highest BCUT2D eigenvalue weighted by Crippen LogP contribution is 2.20. The fraction of sp³-hybridized carbons (Fsp3) is 0.0833. The number of benzene rings is 1. The Labute approximate surface area is 77.6 Å². The number of rotatable bonds is 1. The van der Waals surface area contributed by atoms with Crippen LogP contribution in [0.2, 0.25) is 0 Å². The summed E-state index contributed by atoms with van der Waals surface area (Å²) in [6, 6.07) is 8.31. The first-order valence-corrected chi connectivity index (χ1v) is 4.23. The highest BCUT2D eigenvalue weighted by Gasteiger charge is 2.01. The predicted molar refractivity (Wildman–Crippen MR) is 56.5 cm³/mol. The highest BCUT2D eigenvalue weighted by molar-refractivity contribution is 5.89. The van der Waals surface area contributed by atoms with Gasteiger partial charge in [0.1, 0.15) is 0 Å². The van der Waals surface area contributed by atoms with Crippen LogP contribution < -0.4 is 0 Å². The molecular formula is C12H11N. The van der Waals surface area contributed by atoms with Gasteiger partial charge in [-0.15, -0.1) is 5.73 Å². The Morgan fingerprint density at radius 3 is 2.92 bits per heavy atom. The summed E-state index contributed by atoms with van der Waals surface area (Å²) in [6.45, 7) is 3.58. The Morgan fingerprint density at radius 2 is 2.15 bits per heavy atom. The molecule has 0 atom stereocenters. The van der Waals surface area contributed by atoms with Crippen LogP contribution in [-0.4, -0.2) is 4.57 Å². The lowest BCUT2D eigenvalue weighted by atomic mass is 10.2. The minimum Gasteiger partial charge on any atom is -0.350 e. The molecule has 64 valence electrons. The molecule has 1 heteroatoms. The summed E-state index contributed by atoms with van der Waals surface area (Å²) in [6.07, 6.45) is 3.99. The van der Waals surface area contributed by atoms with Crippen LogP contribution in [0.1, 0.15) is 5.56 Å². The average molecular weight is 169 g/mol. The molecule has 1 aromatic carbocycles. The van der Waals surface area contributed by atoms with Gasteiger partial charge in [0.05, 0.1) is 0 Å². The maximum atomic E-state index is 3.58. The number of aryl methyl sites for hydroxylation is 1. The Hall–Kier alpha value is -1.72. The number of para-hydroxylation sites is 1. The molecule has 2 rings (SSSR count). The molecule has 0 N–H and O–H groups in total. The standard InChI is InChI=1S/C12H11N/c1-3-6-10-9-13(2)12-8-5-4-7-11(10)12/h4-9H,1H2,2H3. The van der Waals surface area contributed by atoms with Gasteiger partial charge in [-0.25, -0.2) is 0 Å². The van der Waals surface area contributed by atoms with Crippen molar-refractivity contribution in [2.45, 2.75) is 0 Å². The van der Waals surface area contributed by atoms with Crippen molar-refractivity contribution in [1.82, 2.24) is 4.57 Å². The Bertz CT molecular complexity index is 485.